The van der Waals surface area contributed by atoms with Gasteiger partial charge in [-0.3, -0.25) is 0 Å². The number of rotatable bonds is 2. The minimum absolute atomic E-state index is 0.223. The van der Waals surface area contributed by atoms with Crippen LogP contribution in [0.2, 0.25) is 0 Å². The van der Waals surface area contributed by atoms with Gasteiger partial charge in [-0.2, -0.15) is 13.2 Å². The number of halogens is 3. The van der Waals surface area contributed by atoms with Crippen molar-refractivity contribution in [3.05, 3.63) is 29.3 Å². The predicted octanol–water partition coefficient (Wildman–Crippen LogP) is 2.17. The zero-order valence-electron chi connectivity index (χ0n) is 9.07. The van der Waals surface area contributed by atoms with Crippen LogP contribution in [0.15, 0.2) is 23.1 Å². The summed E-state index contributed by atoms with van der Waals surface area (Å²) in [6.45, 7) is 0. The van der Waals surface area contributed by atoms with Gasteiger partial charge in [0.25, 0.3) is 0 Å². The molecule has 1 aromatic rings. The third kappa shape index (κ3) is 2.03. The van der Waals surface area contributed by atoms with E-state index < -0.39 is 33.2 Å². The maximum atomic E-state index is 12.8. The SMILES string of the molecule is O=CCC1CS(=O)(=O)c2cccc(C(F)(F)F)c21. The van der Waals surface area contributed by atoms with Crippen molar-refractivity contribution in [2.75, 3.05) is 5.75 Å². The minimum Gasteiger partial charge on any atom is -0.303 e. The second-order valence-corrected chi connectivity index (χ2v) is 6.10. The number of fused-ring (bicyclic) bond motifs is 1. The van der Waals surface area contributed by atoms with Gasteiger partial charge in [-0.15, -0.1) is 0 Å². The first-order valence-corrected chi connectivity index (χ1v) is 6.79. The van der Waals surface area contributed by atoms with Gasteiger partial charge >= 0.3 is 6.18 Å². The highest BCUT2D eigenvalue weighted by molar-refractivity contribution is 7.91. The van der Waals surface area contributed by atoms with Crippen LogP contribution in [0.4, 0.5) is 13.2 Å². The highest BCUT2D eigenvalue weighted by Gasteiger charge is 2.43. The van der Waals surface area contributed by atoms with Crippen molar-refractivity contribution in [2.45, 2.75) is 23.4 Å². The number of hydrogen-bond acceptors (Lipinski definition) is 3. The summed E-state index contributed by atoms with van der Waals surface area (Å²) in [5.74, 6) is -1.34. The summed E-state index contributed by atoms with van der Waals surface area (Å²) in [5.41, 5.74) is -1.23. The molecular formula is C11H9F3O3S. The Morgan fingerprint density at radius 3 is 2.56 bits per heavy atom. The van der Waals surface area contributed by atoms with Crippen LogP contribution in [-0.4, -0.2) is 20.5 Å². The standard InChI is InChI=1S/C11H9F3O3S/c12-11(13,14)8-2-1-3-9-10(8)7(4-5-15)6-18(9,16)17/h1-3,5,7H,4,6H2. The molecular weight excluding hydrogens is 269 g/mol. The van der Waals surface area contributed by atoms with Crippen LogP contribution in [0.3, 0.4) is 0 Å². The summed E-state index contributed by atoms with van der Waals surface area (Å²) in [4.78, 5) is 10.2. The predicted molar refractivity (Wildman–Crippen MR) is 56.9 cm³/mol. The summed E-state index contributed by atoms with van der Waals surface area (Å²) >= 11 is 0. The Hall–Kier alpha value is -1.37. The second-order valence-electron chi connectivity index (χ2n) is 4.10. The maximum Gasteiger partial charge on any atom is 0.416 e. The number of sulfone groups is 1. The monoisotopic (exact) mass is 278 g/mol. The Kier molecular flexibility index (Phi) is 2.96. The van der Waals surface area contributed by atoms with E-state index in [0.29, 0.717) is 6.29 Å². The molecule has 1 aliphatic heterocycles. The van der Waals surface area contributed by atoms with Crippen molar-refractivity contribution in [3.8, 4) is 0 Å². The van der Waals surface area contributed by atoms with Gasteiger partial charge < -0.3 is 4.79 Å². The van der Waals surface area contributed by atoms with E-state index in [0.717, 1.165) is 18.2 Å². The van der Waals surface area contributed by atoms with Crippen LogP contribution >= 0.6 is 0 Å². The van der Waals surface area contributed by atoms with Crippen molar-refractivity contribution in [2.24, 2.45) is 0 Å². The Labute approximate surface area is 102 Å². The average molecular weight is 278 g/mol. The second kappa shape index (κ2) is 4.08. The van der Waals surface area contributed by atoms with Crippen molar-refractivity contribution in [1.29, 1.82) is 0 Å². The summed E-state index contributed by atoms with van der Waals surface area (Å²) in [7, 11) is -3.72. The van der Waals surface area contributed by atoms with Crippen LogP contribution in [0, 0.1) is 0 Å². The van der Waals surface area contributed by atoms with Gasteiger partial charge in [-0.05, 0) is 17.7 Å². The third-order valence-electron chi connectivity index (χ3n) is 2.92. The molecule has 3 nitrogen and oxygen atoms in total. The molecule has 0 radical (unpaired) electrons. The fourth-order valence-electron chi connectivity index (χ4n) is 2.22. The quantitative estimate of drug-likeness (QED) is 0.779. The van der Waals surface area contributed by atoms with Crippen LogP contribution in [0.5, 0.6) is 0 Å². The highest BCUT2D eigenvalue weighted by atomic mass is 32.2. The van der Waals surface area contributed by atoms with E-state index in [1.807, 2.05) is 0 Å². The summed E-state index contributed by atoms with van der Waals surface area (Å²) in [6, 6.07) is 3.07. The molecule has 0 aliphatic carbocycles. The van der Waals surface area contributed by atoms with Gasteiger partial charge in [0.05, 0.1) is 16.2 Å². The number of alkyl halides is 3. The fourth-order valence-corrected chi connectivity index (χ4v) is 4.13. The Bertz CT molecular complexity index is 590. The van der Waals surface area contributed by atoms with Gasteiger partial charge in [0, 0.05) is 12.3 Å². The van der Waals surface area contributed by atoms with Crippen LogP contribution in [-0.2, 0) is 20.8 Å². The maximum absolute atomic E-state index is 12.8. The molecule has 0 aromatic heterocycles. The molecule has 1 unspecified atom stereocenters. The number of hydrogen-bond donors (Lipinski definition) is 0. The fraction of sp³-hybridized carbons (Fsp3) is 0.364. The Balaban J connectivity index is 2.70. The van der Waals surface area contributed by atoms with E-state index in [2.05, 4.69) is 0 Å². The molecule has 0 amide bonds. The van der Waals surface area contributed by atoms with Gasteiger partial charge in [0.2, 0.25) is 0 Å². The Morgan fingerprint density at radius 1 is 1.33 bits per heavy atom. The molecule has 1 heterocycles. The molecule has 0 fully saturated rings. The minimum atomic E-state index is -4.62. The lowest BCUT2D eigenvalue weighted by molar-refractivity contribution is -0.138. The lowest BCUT2D eigenvalue weighted by Gasteiger charge is -2.14. The van der Waals surface area contributed by atoms with Gasteiger partial charge in [0.1, 0.15) is 6.29 Å². The molecule has 0 saturated carbocycles. The normalized spacial score (nSPS) is 21.6. The van der Waals surface area contributed by atoms with Crippen molar-refractivity contribution in [3.63, 3.8) is 0 Å². The molecule has 2 rings (SSSR count). The first-order chi connectivity index (χ1) is 8.27. The van der Waals surface area contributed by atoms with Gasteiger partial charge in [0.15, 0.2) is 9.84 Å². The molecule has 98 valence electrons. The van der Waals surface area contributed by atoms with Gasteiger partial charge in [-0.1, -0.05) is 6.07 Å². The smallest absolute Gasteiger partial charge is 0.303 e. The van der Waals surface area contributed by atoms with E-state index in [-0.39, 0.29) is 16.9 Å². The summed E-state index contributed by atoms with van der Waals surface area (Å²) in [6.07, 6.45) is -4.39. The van der Waals surface area contributed by atoms with Crippen LogP contribution < -0.4 is 0 Å². The van der Waals surface area contributed by atoms with E-state index in [4.69, 9.17) is 0 Å². The van der Waals surface area contributed by atoms with Crippen molar-refractivity contribution in [1.82, 2.24) is 0 Å². The zero-order valence-corrected chi connectivity index (χ0v) is 9.88. The molecule has 0 bridgehead atoms. The molecule has 1 aromatic carbocycles. The van der Waals surface area contributed by atoms with Gasteiger partial charge in [-0.25, -0.2) is 8.42 Å². The summed E-state index contributed by atoms with van der Waals surface area (Å²) in [5, 5.41) is 0. The third-order valence-corrected chi connectivity index (χ3v) is 4.78. The van der Waals surface area contributed by atoms with E-state index in [1.54, 1.807) is 0 Å². The number of carbonyl (C=O) groups is 1. The highest BCUT2D eigenvalue weighted by Crippen LogP contribution is 2.44. The lowest BCUT2D eigenvalue weighted by Crippen LogP contribution is -2.11. The van der Waals surface area contributed by atoms with E-state index >= 15 is 0 Å². The molecule has 0 spiro atoms. The van der Waals surface area contributed by atoms with Crippen molar-refractivity contribution >= 4 is 16.1 Å². The van der Waals surface area contributed by atoms with Crippen molar-refractivity contribution < 1.29 is 26.4 Å². The lowest BCUT2D eigenvalue weighted by atomic mass is 9.93. The number of carbonyl (C=O) groups excluding carboxylic acids is 1. The molecule has 1 atom stereocenters. The largest absolute Gasteiger partial charge is 0.416 e. The first kappa shape index (κ1) is 13.1. The molecule has 0 saturated heterocycles. The number of benzene rings is 1. The zero-order chi connectivity index (χ0) is 13.6. The first-order valence-electron chi connectivity index (χ1n) is 5.14. The average Bonchev–Trinajstić information content (AvgIpc) is 2.50. The summed E-state index contributed by atoms with van der Waals surface area (Å²) < 4.78 is 61.9. The topological polar surface area (TPSA) is 51.2 Å². The van der Waals surface area contributed by atoms with E-state index in [1.165, 1.54) is 0 Å². The molecule has 0 N–H and O–H groups in total. The Morgan fingerprint density at radius 2 is 2.00 bits per heavy atom. The molecule has 18 heavy (non-hydrogen) atoms. The van der Waals surface area contributed by atoms with Crippen LogP contribution in [0.25, 0.3) is 0 Å². The molecule has 1 aliphatic rings. The number of aldehydes is 1. The molecule has 7 heteroatoms. The van der Waals surface area contributed by atoms with Crippen LogP contribution in [0.1, 0.15) is 23.5 Å². The van der Waals surface area contributed by atoms with E-state index in [9.17, 15) is 26.4 Å².